The number of fused-ring (bicyclic) bond motifs is 1. The smallest absolute Gasteiger partial charge is 0.295 e. The highest BCUT2D eigenvalue weighted by molar-refractivity contribution is 9.10. The van der Waals surface area contributed by atoms with Crippen molar-refractivity contribution >= 4 is 44.3 Å². The highest BCUT2D eigenvalue weighted by atomic mass is 79.9. The normalized spacial score (nSPS) is 17.2. The predicted octanol–water partition coefficient (Wildman–Crippen LogP) is 5.71. The maximum atomic E-state index is 13.5. The number of rotatable bonds is 5. The molecule has 4 aromatic rings. The van der Waals surface area contributed by atoms with Crippen LogP contribution in [0.2, 0.25) is 0 Å². The quantitative estimate of drug-likeness (QED) is 0.197. The fraction of sp³-hybridized carbons (Fsp3) is 0.143. The summed E-state index contributed by atoms with van der Waals surface area (Å²) in [5, 5.41) is 12.2. The van der Waals surface area contributed by atoms with Crippen LogP contribution >= 0.6 is 15.9 Å². The van der Waals surface area contributed by atoms with Crippen molar-refractivity contribution in [2.45, 2.75) is 12.6 Å². The van der Waals surface area contributed by atoms with E-state index in [9.17, 15) is 19.1 Å². The van der Waals surface area contributed by atoms with Gasteiger partial charge in [-0.25, -0.2) is 4.39 Å². The minimum absolute atomic E-state index is 0.00414. The molecule has 8 heteroatoms. The Kier molecular flexibility index (Phi) is 6.14. The van der Waals surface area contributed by atoms with E-state index in [1.165, 1.54) is 24.1 Å². The molecule has 1 N–H and O–H groups in total. The molecule has 1 fully saturated rings. The highest BCUT2D eigenvalue weighted by Gasteiger charge is 2.47. The van der Waals surface area contributed by atoms with E-state index in [1.54, 1.807) is 30.3 Å². The third kappa shape index (κ3) is 3.97. The molecule has 1 amide bonds. The van der Waals surface area contributed by atoms with Crippen molar-refractivity contribution < 1.29 is 23.8 Å². The van der Waals surface area contributed by atoms with Crippen LogP contribution in [0.25, 0.3) is 16.7 Å². The molecule has 1 saturated heterocycles. The molecule has 0 saturated carbocycles. The van der Waals surface area contributed by atoms with Gasteiger partial charge in [0.1, 0.15) is 17.3 Å². The van der Waals surface area contributed by atoms with E-state index in [0.717, 1.165) is 10.9 Å². The number of benzene rings is 3. The molecular weight excluding hydrogens is 527 g/mol. The van der Waals surface area contributed by atoms with E-state index in [2.05, 4.69) is 15.9 Å². The number of para-hydroxylation sites is 1. The average Bonchev–Trinajstić information content (AvgIpc) is 3.33. The minimum Gasteiger partial charge on any atom is -0.507 e. The lowest BCUT2D eigenvalue weighted by molar-refractivity contribution is -0.140. The van der Waals surface area contributed by atoms with Crippen molar-refractivity contribution in [3.8, 4) is 5.75 Å². The number of carbonyl (C=O) groups excluding carboxylic acids is 2. The molecule has 2 heterocycles. The number of carbonyl (C=O) groups is 2. The van der Waals surface area contributed by atoms with Crippen molar-refractivity contribution in [3.63, 3.8) is 0 Å². The molecular formula is C28H22BrFN2O4. The zero-order valence-electron chi connectivity index (χ0n) is 19.5. The number of ketones is 1. The van der Waals surface area contributed by atoms with Crippen molar-refractivity contribution in [2.24, 2.45) is 7.05 Å². The average molecular weight is 549 g/mol. The Bertz CT molecular complexity index is 1540. The van der Waals surface area contributed by atoms with Crippen LogP contribution in [-0.4, -0.2) is 33.4 Å². The standard InChI is InChI=1S/C28H22BrFN2O4/c1-31-15-20(19-5-3-4-6-22(19)31)25-24(26(33)17-9-12-23(36-2)21(29)13-17)27(34)28(35)32(25)14-16-7-10-18(30)11-8-16/h3-13,15,25,33H,14H2,1-2H3/b26-24+. The lowest BCUT2D eigenvalue weighted by Gasteiger charge is -2.25. The van der Waals surface area contributed by atoms with Gasteiger partial charge < -0.3 is 19.3 Å². The molecule has 3 aromatic carbocycles. The lowest BCUT2D eigenvalue weighted by Crippen LogP contribution is -2.29. The Morgan fingerprint density at radius 3 is 2.50 bits per heavy atom. The Morgan fingerprint density at radius 2 is 1.81 bits per heavy atom. The third-order valence-electron chi connectivity index (χ3n) is 6.45. The maximum absolute atomic E-state index is 13.5. The largest absolute Gasteiger partial charge is 0.507 e. The van der Waals surface area contributed by atoms with Crippen molar-refractivity contribution in [1.82, 2.24) is 9.47 Å². The molecule has 0 radical (unpaired) electrons. The number of nitrogens with zero attached hydrogens (tertiary/aromatic N) is 2. The van der Waals surface area contributed by atoms with Crippen LogP contribution in [0.15, 0.2) is 83.0 Å². The van der Waals surface area contributed by atoms with Crippen LogP contribution in [0.1, 0.15) is 22.7 Å². The molecule has 182 valence electrons. The number of Topliss-reactive ketones (excluding diaryl/α,β-unsaturated/α-hetero) is 1. The van der Waals surface area contributed by atoms with Gasteiger partial charge in [-0.1, -0.05) is 30.3 Å². The van der Waals surface area contributed by atoms with Gasteiger partial charge in [-0.2, -0.15) is 0 Å². The molecule has 1 aromatic heterocycles. The number of ether oxygens (including phenoxy) is 1. The second-order valence-corrected chi connectivity index (χ2v) is 9.47. The fourth-order valence-electron chi connectivity index (χ4n) is 4.71. The first-order valence-electron chi connectivity index (χ1n) is 11.2. The van der Waals surface area contributed by atoms with E-state index in [-0.39, 0.29) is 17.9 Å². The summed E-state index contributed by atoms with van der Waals surface area (Å²) in [4.78, 5) is 28.2. The van der Waals surface area contributed by atoms with Crippen LogP contribution in [0, 0.1) is 5.82 Å². The van der Waals surface area contributed by atoms with Gasteiger partial charge in [-0.05, 0) is 57.9 Å². The molecule has 1 unspecified atom stereocenters. The number of halogens is 2. The summed E-state index contributed by atoms with van der Waals surface area (Å²) in [7, 11) is 3.42. The summed E-state index contributed by atoms with van der Waals surface area (Å²) in [6.07, 6.45) is 1.87. The minimum atomic E-state index is -0.845. The number of aliphatic hydroxyl groups excluding tert-OH is 1. The second-order valence-electron chi connectivity index (χ2n) is 8.62. The van der Waals surface area contributed by atoms with Crippen LogP contribution in [0.5, 0.6) is 5.75 Å². The molecule has 0 bridgehead atoms. The zero-order chi connectivity index (χ0) is 25.6. The Morgan fingerprint density at radius 1 is 1.08 bits per heavy atom. The summed E-state index contributed by atoms with van der Waals surface area (Å²) >= 11 is 3.41. The highest BCUT2D eigenvalue weighted by Crippen LogP contribution is 2.43. The number of aliphatic hydroxyl groups is 1. The number of likely N-dealkylation sites (tertiary alicyclic amines) is 1. The molecule has 36 heavy (non-hydrogen) atoms. The number of amides is 1. The topological polar surface area (TPSA) is 71.8 Å². The first-order valence-corrected chi connectivity index (χ1v) is 12.0. The van der Waals surface area contributed by atoms with Gasteiger partial charge in [0.05, 0.1) is 23.2 Å². The van der Waals surface area contributed by atoms with E-state index in [1.807, 2.05) is 42.1 Å². The number of hydrogen-bond donors (Lipinski definition) is 1. The lowest BCUT2D eigenvalue weighted by atomic mass is 9.94. The van der Waals surface area contributed by atoms with Gasteiger partial charge in [-0.3, -0.25) is 9.59 Å². The molecule has 6 nitrogen and oxygen atoms in total. The maximum Gasteiger partial charge on any atom is 0.295 e. The summed E-state index contributed by atoms with van der Waals surface area (Å²) in [5.74, 6) is -1.62. The van der Waals surface area contributed by atoms with Crippen molar-refractivity contribution in [1.29, 1.82) is 0 Å². The van der Waals surface area contributed by atoms with E-state index < -0.39 is 23.5 Å². The third-order valence-corrected chi connectivity index (χ3v) is 7.07. The van der Waals surface area contributed by atoms with Gasteiger partial charge >= 0.3 is 0 Å². The van der Waals surface area contributed by atoms with Crippen LogP contribution < -0.4 is 4.74 Å². The van der Waals surface area contributed by atoms with Crippen molar-refractivity contribution in [2.75, 3.05) is 7.11 Å². The Labute approximate surface area is 215 Å². The number of aryl methyl sites for hydroxylation is 1. The zero-order valence-corrected chi connectivity index (χ0v) is 21.1. The van der Waals surface area contributed by atoms with Gasteiger partial charge in [0.2, 0.25) is 0 Å². The molecule has 1 aliphatic rings. The monoisotopic (exact) mass is 548 g/mol. The first-order chi connectivity index (χ1) is 17.3. The Balaban J connectivity index is 1.72. The summed E-state index contributed by atoms with van der Waals surface area (Å²) in [6.45, 7) is 0.0713. The van der Waals surface area contributed by atoms with E-state index in [0.29, 0.717) is 26.9 Å². The summed E-state index contributed by atoms with van der Waals surface area (Å²) < 4.78 is 21.3. The van der Waals surface area contributed by atoms with Gasteiger partial charge in [0.15, 0.2) is 0 Å². The second kappa shape index (κ2) is 9.28. The molecule has 5 rings (SSSR count). The van der Waals surface area contributed by atoms with E-state index in [4.69, 9.17) is 4.74 Å². The van der Waals surface area contributed by atoms with Crippen molar-refractivity contribution in [3.05, 3.63) is 105 Å². The fourth-order valence-corrected chi connectivity index (χ4v) is 5.25. The predicted molar refractivity (Wildman–Crippen MR) is 138 cm³/mol. The summed E-state index contributed by atoms with van der Waals surface area (Å²) in [5.41, 5.74) is 2.66. The van der Waals surface area contributed by atoms with Crippen LogP contribution in [0.4, 0.5) is 4.39 Å². The molecule has 1 atom stereocenters. The van der Waals surface area contributed by atoms with Crippen LogP contribution in [-0.2, 0) is 23.2 Å². The van der Waals surface area contributed by atoms with Gasteiger partial charge in [0.25, 0.3) is 11.7 Å². The van der Waals surface area contributed by atoms with E-state index >= 15 is 0 Å². The Hall–Kier alpha value is -3.91. The van der Waals surface area contributed by atoms with Gasteiger partial charge in [-0.15, -0.1) is 0 Å². The molecule has 1 aliphatic heterocycles. The number of aromatic nitrogens is 1. The van der Waals surface area contributed by atoms with Gasteiger partial charge in [0, 0.05) is 41.8 Å². The number of hydrogen-bond acceptors (Lipinski definition) is 4. The number of methoxy groups -OCH3 is 1. The first kappa shape index (κ1) is 23.8. The molecule has 0 spiro atoms. The van der Waals surface area contributed by atoms with Crippen LogP contribution in [0.3, 0.4) is 0 Å². The summed E-state index contributed by atoms with van der Waals surface area (Å²) in [6, 6.07) is 17.6. The SMILES string of the molecule is COc1ccc(/C(O)=C2\C(=O)C(=O)N(Cc3ccc(F)cc3)C2c2cn(C)c3ccccc23)cc1Br. The molecule has 0 aliphatic carbocycles.